The minimum Gasteiger partial charge on any atom is -0.367 e. The number of nitrogens with zero attached hydrogens (tertiary/aromatic N) is 5. The molecule has 0 unspecified atom stereocenters. The van der Waals surface area contributed by atoms with Gasteiger partial charge in [0.05, 0.1) is 5.52 Å². The Hall–Kier alpha value is -2.90. The van der Waals surface area contributed by atoms with Gasteiger partial charge in [0.15, 0.2) is 0 Å². The van der Waals surface area contributed by atoms with Gasteiger partial charge < -0.3 is 15.1 Å². The quantitative estimate of drug-likeness (QED) is 0.403. The monoisotopic (exact) mass is 494 g/mol. The maximum atomic E-state index is 6.13. The number of benzene rings is 2. The summed E-state index contributed by atoms with van der Waals surface area (Å²) in [7, 11) is 0. The van der Waals surface area contributed by atoms with Crippen molar-refractivity contribution in [1.29, 1.82) is 0 Å². The van der Waals surface area contributed by atoms with E-state index in [2.05, 4.69) is 47.1 Å². The maximum Gasteiger partial charge on any atom is 0.227 e. The van der Waals surface area contributed by atoms with Gasteiger partial charge in [0, 0.05) is 64.8 Å². The third kappa shape index (κ3) is 4.43. The first-order valence-electron chi connectivity index (χ1n) is 10.1. The van der Waals surface area contributed by atoms with Gasteiger partial charge >= 0.3 is 0 Å². The van der Waals surface area contributed by atoms with Gasteiger partial charge in [-0.15, -0.1) is 0 Å². The lowest BCUT2D eigenvalue weighted by Crippen LogP contribution is -2.47. The fourth-order valence-electron chi connectivity index (χ4n) is 3.78. The van der Waals surface area contributed by atoms with Crippen LogP contribution in [0.5, 0.6) is 0 Å². The molecule has 2 aromatic carbocycles. The van der Waals surface area contributed by atoms with Crippen LogP contribution in [0.3, 0.4) is 0 Å². The molecule has 1 aliphatic rings. The molecule has 0 radical (unpaired) electrons. The van der Waals surface area contributed by atoms with E-state index in [1.165, 1.54) is 5.69 Å². The minimum atomic E-state index is 0.704. The fourth-order valence-corrected chi connectivity index (χ4v) is 4.21. The Bertz CT molecular complexity index is 1210. The van der Waals surface area contributed by atoms with Gasteiger partial charge in [-0.25, -0.2) is 4.98 Å². The van der Waals surface area contributed by atoms with E-state index in [1.807, 2.05) is 54.7 Å². The Balaban J connectivity index is 1.29. The number of pyridine rings is 1. The predicted octanol–water partition coefficient (Wildman–Crippen LogP) is 5.51. The summed E-state index contributed by atoms with van der Waals surface area (Å²) in [5.74, 6) is 1.53. The molecule has 4 aromatic rings. The molecule has 0 bridgehead atoms. The molecule has 31 heavy (non-hydrogen) atoms. The van der Waals surface area contributed by atoms with Crippen LogP contribution >= 0.6 is 27.5 Å². The normalized spacial score (nSPS) is 14.1. The molecule has 6 nitrogen and oxygen atoms in total. The lowest BCUT2D eigenvalue weighted by Gasteiger charge is -2.36. The van der Waals surface area contributed by atoms with Gasteiger partial charge in [-0.05, 0) is 54.6 Å². The van der Waals surface area contributed by atoms with Gasteiger partial charge in [-0.2, -0.15) is 4.98 Å². The van der Waals surface area contributed by atoms with Crippen molar-refractivity contribution >= 4 is 61.6 Å². The third-order valence-electron chi connectivity index (χ3n) is 5.34. The van der Waals surface area contributed by atoms with Crippen LogP contribution in [0.15, 0.2) is 71.5 Å². The second-order valence-corrected chi connectivity index (χ2v) is 8.69. The molecule has 156 valence electrons. The van der Waals surface area contributed by atoms with E-state index in [0.29, 0.717) is 5.02 Å². The molecule has 0 saturated carbocycles. The summed E-state index contributed by atoms with van der Waals surface area (Å²) < 4.78 is 1.05. The smallest absolute Gasteiger partial charge is 0.227 e. The van der Waals surface area contributed by atoms with Crippen LogP contribution in [-0.2, 0) is 0 Å². The zero-order chi connectivity index (χ0) is 21.2. The highest BCUT2D eigenvalue weighted by atomic mass is 79.9. The van der Waals surface area contributed by atoms with Crippen molar-refractivity contribution in [3.63, 3.8) is 0 Å². The average molecular weight is 496 g/mol. The number of hydrogen-bond acceptors (Lipinski definition) is 6. The maximum absolute atomic E-state index is 6.13. The van der Waals surface area contributed by atoms with E-state index < -0.39 is 0 Å². The molecule has 0 aliphatic carbocycles. The number of anilines is 4. The molecular formula is C23H20BrClN6. The zero-order valence-electron chi connectivity index (χ0n) is 16.7. The van der Waals surface area contributed by atoms with Crippen molar-refractivity contribution in [1.82, 2.24) is 15.0 Å². The number of piperazine rings is 1. The number of halogens is 2. The van der Waals surface area contributed by atoms with Crippen LogP contribution in [0.1, 0.15) is 0 Å². The molecule has 0 atom stereocenters. The van der Waals surface area contributed by atoms with Crippen LogP contribution < -0.4 is 15.1 Å². The van der Waals surface area contributed by atoms with Gasteiger partial charge in [-0.1, -0.05) is 27.5 Å². The topological polar surface area (TPSA) is 57.2 Å². The van der Waals surface area contributed by atoms with Crippen LogP contribution in [0, 0.1) is 0 Å². The van der Waals surface area contributed by atoms with E-state index in [0.717, 1.165) is 59.0 Å². The third-order valence-corrected chi connectivity index (χ3v) is 6.11. The van der Waals surface area contributed by atoms with E-state index >= 15 is 0 Å². The average Bonchev–Trinajstić information content (AvgIpc) is 2.80. The van der Waals surface area contributed by atoms with Crippen molar-refractivity contribution < 1.29 is 0 Å². The van der Waals surface area contributed by atoms with E-state index in [1.54, 1.807) is 6.20 Å². The summed E-state index contributed by atoms with van der Waals surface area (Å²) in [4.78, 5) is 18.3. The summed E-state index contributed by atoms with van der Waals surface area (Å²) in [5, 5.41) is 5.17. The molecule has 1 fully saturated rings. The molecule has 1 aliphatic heterocycles. The van der Waals surface area contributed by atoms with Crippen molar-refractivity contribution in [3.8, 4) is 0 Å². The first-order valence-corrected chi connectivity index (χ1v) is 11.2. The number of hydrogen-bond donors (Lipinski definition) is 1. The molecule has 1 N–H and O–H groups in total. The summed E-state index contributed by atoms with van der Waals surface area (Å²) in [6.07, 6.45) is 3.65. The highest BCUT2D eigenvalue weighted by Gasteiger charge is 2.21. The lowest BCUT2D eigenvalue weighted by atomic mass is 10.1. The van der Waals surface area contributed by atoms with Crippen molar-refractivity contribution in [2.75, 3.05) is 41.3 Å². The Morgan fingerprint density at radius 3 is 2.39 bits per heavy atom. The van der Waals surface area contributed by atoms with Crippen molar-refractivity contribution in [3.05, 3.63) is 76.5 Å². The Morgan fingerprint density at radius 1 is 0.839 bits per heavy atom. The molecular weight excluding hydrogens is 476 g/mol. The molecule has 0 amide bonds. The molecule has 5 rings (SSSR count). The fraction of sp³-hybridized carbons (Fsp3) is 0.174. The number of nitrogens with one attached hydrogen (secondary N) is 1. The van der Waals surface area contributed by atoms with Gasteiger partial charge in [0.25, 0.3) is 0 Å². The molecule has 0 spiro atoms. The highest BCUT2D eigenvalue weighted by molar-refractivity contribution is 9.10. The SMILES string of the molecule is Clc1ccc2c(N3CCN(c4nccc(Nc5ccc(Br)cc5)n4)CC3)ccnc2c1. The first-order chi connectivity index (χ1) is 15.2. The second kappa shape index (κ2) is 8.69. The second-order valence-electron chi connectivity index (χ2n) is 7.34. The molecule has 3 heterocycles. The number of fused-ring (bicyclic) bond motifs is 1. The molecule has 8 heteroatoms. The Labute approximate surface area is 194 Å². The van der Waals surface area contributed by atoms with Crippen LogP contribution in [-0.4, -0.2) is 41.1 Å². The van der Waals surface area contributed by atoms with E-state index in [9.17, 15) is 0 Å². The predicted molar refractivity (Wildman–Crippen MR) is 131 cm³/mol. The molecule has 2 aromatic heterocycles. The van der Waals surface area contributed by atoms with Crippen molar-refractivity contribution in [2.24, 2.45) is 0 Å². The Morgan fingerprint density at radius 2 is 1.58 bits per heavy atom. The summed E-state index contributed by atoms with van der Waals surface area (Å²) in [5.41, 5.74) is 3.10. The van der Waals surface area contributed by atoms with Crippen LogP contribution in [0.25, 0.3) is 10.9 Å². The first kappa shape index (κ1) is 20.0. The summed E-state index contributed by atoms with van der Waals surface area (Å²) >= 11 is 9.59. The van der Waals surface area contributed by atoms with Crippen LogP contribution in [0.2, 0.25) is 5.02 Å². The Kier molecular flexibility index (Phi) is 5.61. The van der Waals surface area contributed by atoms with E-state index in [4.69, 9.17) is 16.6 Å². The van der Waals surface area contributed by atoms with Crippen molar-refractivity contribution in [2.45, 2.75) is 0 Å². The van der Waals surface area contributed by atoms with Gasteiger partial charge in [0.2, 0.25) is 5.95 Å². The summed E-state index contributed by atoms with van der Waals surface area (Å²) in [6.45, 7) is 3.46. The van der Waals surface area contributed by atoms with Crippen LogP contribution in [0.4, 0.5) is 23.1 Å². The minimum absolute atomic E-state index is 0.704. The number of aromatic nitrogens is 3. The lowest BCUT2D eigenvalue weighted by molar-refractivity contribution is 0.641. The summed E-state index contributed by atoms with van der Waals surface area (Å²) in [6, 6.07) is 17.9. The van der Waals surface area contributed by atoms with Gasteiger partial charge in [-0.3, -0.25) is 4.98 Å². The zero-order valence-corrected chi connectivity index (χ0v) is 19.0. The molecule has 1 saturated heterocycles. The largest absolute Gasteiger partial charge is 0.367 e. The highest BCUT2D eigenvalue weighted by Crippen LogP contribution is 2.29. The number of rotatable bonds is 4. The van der Waals surface area contributed by atoms with Gasteiger partial charge in [0.1, 0.15) is 5.82 Å². The standard InChI is InChI=1S/C23H20BrClN6/c24-16-1-4-18(5-2-16)28-22-8-10-27-23(29-22)31-13-11-30(12-14-31)21-7-9-26-20-15-17(25)3-6-19(20)21/h1-10,15H,11-14H2,(H,27,28,29). The van der Waals surface area contributed by atoms with E-state index in [-0.39, 0.29) is 0 Å².